The second-order valence-electron chi connectivity index (χ2n) is 3.78. The molecule has 0 N–H and O–H groups in total. The zero-order valence-electron chi connectivity index (χ0n) is 9.03. The van der Waals surface area contributed by atoms with Gasteiger partial charge in [0.05, 0.1) is 11.3 Å². The van der Waals surface area contributed by atoms with Gasteiger partial charge in [0.1, 0.15) is 6.54 Å². The molecule has 0 saturated carbocycles. The molecule has 0 radical (unpaired) electrons. The molecule has 0 bridgehead atoms. The lowest BCUT2D eigenvalue weighted by molar-refractivity contribution is -0.118. The number of likely N-dealkylation sites (N-methyl/N-ethyl adjacent to an activating group) is 2. The summed E-state index contributed by atoms with van der Waals surface area (Å²) in [5.74, 6) is -0.217. The fraction of sp³-hybridized carbons (Fsp3) is 0.273. The van der Waals surface area contributed by atoms with Gasteiger partial charge in [-0.3, -0.25) is 9.59 Å². The summed E-state index contributed by atoms with van der Waals surface area (Å²) in [5, 5.41) is 0. The van der Waals surface area contributed by atoms with Crippen molar-refractivity contribution in [1.82, 2.24) is 4.90 Å². The molecule has 1 aromatic rings. The van der Waals surface area contributed by atoms with Crippen molar-refractivity contribution < 1.29 is 9.59 Å². The summed E-state index contributed by atoms with van der Waals surface area (Å²) in [7, 11) is 3.31. The van der Waals surface area contributed by atoms with E-state index in [0.29, 0.717) is 11.3 Å². The highest BCUT2D eigenvalue weighted by molar-refractivity contribution is 9.10. The number of hydrogen-bond acceptors (Lipinski definition) is 2. The molecule has 1 heterocycles. The number of carbonyl (C=O) groups is 2. The summed E-state index contributed by atoms with van der Waals surface area (Å²) in [5.41, 5.74) is 1.20. The van der Waals surface area contributed by atoms with Crippen molar-refractivity contribution in [3.05, 3.63) is 28.2 Å². The van der Waals surface area contributed by atoms with Gasteiger partial charge < -0.3 is 9.80 Å². The predicted octanol–water partition coefficient (Wildman–Crippen LogP) is 1.50. The summed E-state index contributed by atoms with van der Waals surface area (Å²) in [6.07, 6.45) is 0. The highest BCUT2D eigenvalue weighted by Crippen LogP contribution is 2.27. The molecule has 1 aliphatic heterocycles. The molecule has 1 aromatic carbocycles. The van der Waals surface area contributed by atoms with Crippen LogP contribution in [0.3, 0.4) is 0 Å². The van der Waals surface area contributed by atoms with Gasteiger partial charge in [-0.2, -0.15) is 0 Å². The van der Waals surface area contributed by atoms with Crippen LogP contribution in [-0.2, 0) is 4.79 Å². The number of nitrogens with zero attached hydrogens (tertiary/aromatic N) is 2. The zero-order chi connectivity index (χ0) is 11.9. The number of benzene rings is 1. The SMILES string of the molecule is CN1CC(=O)N(C)c2ccc(Br)cc2C1=O. The molecule has 16 heavy (non-hydrogen) atoms. The minimum atomic E-state index is -0.131. The molecule has 1 aliphatic rings. The molecule has 0 saturated heterocycles. The maximum absolute atomic E-state index is 12.0. The molecule has 4 nitrogen and oxygen atoms in total. The number of anilines is 1. The van der Waals surface area contributed by atoms with Crippen molar-refractivity contribution in [1.29, 1.82) is 0 Å². The first-order valence-electron chi connectivity index (χ1n) is 4.82. The van der Waals surface area contributed by atoms with Crippen LogP contribution >= 0.6 is 15.9 Å². The molecule has 0 aliphatic carbocycles. The smallest absolute Gasteiger partial charge is 0.256 e. The summed E-state index contributed by atoms with van der Waals surface area (Å²) in [4.78, 5) is 26.7. The van der Waals surface area contributed by atoms with E-state index in [1.54, 1.807) is 26.2 Å². The van der Waals surface area contributed by atoms with Crippen molar-refractivity contribution in [3.63, 3.8) is 0 Å². The van der Waals surface area contributed by atoms with Crippen LogP contribution in [0.4, 0.5) is 5.69 Å². The number of rotatable bonds is 0. The first-order valence-corrected chi connectivity index (χ1v) is 5.61. The van der Waals surface area contributed by atoms with E-state index in [9.17, 15) is 9.59 Å². The maximum Gasteiger partial charge on any atom is 0.256 e. The third-order valence-corrected chi connectivity index (χ3v) is 3.14. The third kappa shape index (κ3) is 1.71. The molecule has 2 amide bonds. The average Bonchev–Trinajstić information content (AvgIpc) is 2.32. The zero-order valence-corrected chi connectivity index (χ0v) is 10.6. The van der Waals surface area contributed by atoms with E-state index >= 15 is 0 Å². The Morgan fingerprint density at radius 1 is 1.25 bits per heavy atom. The molecule has 0 unspecified atom stereocenters. The van der Waals surface area contributed by atoms with Crippen LogP contribution in [0.1, 0.15) is 10.4 Å². The standard InChI is InChI=1S/C11H11BrN2O2/c1-13-6-10(15)14(2)9-4-3-7(12)5-8(9)11(13)16/h3-5H,6H2,1-2H3. The van der Waals surface area contributed by atoms with E-state index in [2.05, 4.69) is 15.9 Å². The molecule has 0 fully saturated rings. The topological polar surface area (TPSA) is 40.6 Å². The van der Waals surface area contributed by atoms with E-state index in [-0.39, 0.29) is 18.4 Å². The third-order valence-electron chi connectivity index (χ3n) is 2.64. The van der Waals surface area contributed by atoms with Gasteiger partial charge in [-0.15, -0.1) is 0 Å². The van der Waals surface area contributed by atoms with Crippen molar-refractivity contribution in [3.8, 4) is 0 Å². The minimum Gasteiger partial charge on any atom is -0.332 e. The monoisotopic (exact) mass is 282 g/mol. The number of fused-ring (bicyclic) bond motifs is 1. The Hall–Kier alpha value is -1.36. The summed E-state index contributed by atoms with van der Waals surface area (Å²) < 4.78 is 0.829. The number of halogens is 1. The summed E-state index contributed by atoms with van der Waals surface area (Å²) in [6.45, 7) is 0.113. The van der Waals surface area contributed by atoms with Crippen molar-refractivity contribution in [2.75, 3.05) is 25.5 Å². The van der Waals surface area contributed by atoms with Gasteiger partial charge in [0.2, 0.25) is 5.91 Å². The molecular formula is C11H11BrN2O2. The molecule has 5 heteroatoms. The van der Waals surface area contributed by atoms with Crippen molar-refractivity contribution in [2.24, 2.45) is 0 Å². The Labute approximate surface area is 102 Å². The van der Waals surface area contributed by atoms with Crippen molar-refractivity contribution in [2.45, 2.75) is 0 Å². The second-order valence-corrected chi connectivity index (χ2v) is 4.69. The van der Waals surface area contributed by atoms with Gasteiger partial charge in [0, 0.05) is 18.6 Å². The molecular weight excluding hydrogens is 272 g/mol. The second kappa shape index (κ2) is 3.90. The van der Waals surface area contributed by atoms with Crippen LogP contribution in [0.25, 0.3) is 0 Å². The Morgan fingerprint density at radius 3 is 2.62 bits per heavy atom. The predicted molar refractivity (Wildman–Crippen MR) is 64.5 cm³/mol. The van der Waals surface area contributed by atoms with E-state index < -0.39 is 0 Å². The van der Waals surface area contributed by atoms with E-state index in [0.717, 1.165) is 4.47 Å². The average molecular weight is 283 g/mol. The summed E-state index contributed by atoms with van der Waals surface area (Å²) >= 11 is 3.32. The van der Waals surface area contributed by atoms with Crippen LogP contribution in [0.5, 0.6) is 0 Å². The Balaban J connectivity index is 2.62. The van der Waals surface area contributed by atoms with Crippen molar-refractivity contribution >= 4 is 33.4 Å². The quantitative estimate of drug-likeness (QED) is 0.724. The fourth-order valence-corrected chi connectivity index (χ4v) is 2.05. The van der Waals surface area contributed by atoms with Crippen LogP contribution in [0, 0.1) is 0 Å². The van der Waals surface area contributed by atoms with Gasteiger partial charge in [0.25, 0.3) is 5.91 Å². The first kappa shape index (κ1) is 11.1. The highest BCUT2D eigenvalue weighted by atomic mass is 79.9. The lowest BCUT2D eigenvalue weighted by Gasteiger charge is -2.16. The Kier molecular flexibility index (Phi) is 2.71. The lowest BCUT2D eigenvalue weighted by Crippen LogP contribution is -2.35. The number of carbonyl (C=O) groups excluding carboxylic acids is 2. The number of amides is 2. The Morgan fingerprint density at radius 2 is 1.94 bits per heavy atom. The minimum absolute atomic E-state index is 0.0862. The van der Waals surface area contributed by atoms with Gasteiger partial charge in [0.15, 0.2) is 0 Å². The first-order chi connectivity index (χ1) is 7.50. The lowest BCUT2D eigenvalue weighted by atomic mass is 10.1. The molecule has 0 spiro atoms. The van der Waals surface area contributed by atoms with E-state index in [4.69, 9.17) is 0 Å². The van der Waals surface area contributed by atoms with Crippen LogP contribution < -0.4 is 4.90 Å². The summed E-state index contributed by atoms with van der Waals surface area (Å²) in [6, 6.07) is 5.33. The molecule has 2 rings (SSSR count). The molecule has 0 atom stereocenters. The Bertz CT molecular complexity index is 473. The maximum atomic E-state index is 12.0. The molecule has 0 aromatic heterocycles. The normalized spacial score (nSPS) is 16.2. The van der Waals surface area contributed by atoms with E-state index in [1.807, 2.05) is 6.07 Å². The fourth-order valence-electron chi connectivity index (χ4n) is 1.69. The highest BCUT2D eigenvalue weighted by Gasteiger charge is 2.27. The van der Waals surface area contributed by atoms with Crippen LogP contribution in [0.2, 0.25) is 0 Å². The van der Waals surface area contributed by atoms with Crippen LogP contribution in [-0.4, -0.2) is 37.4 Å². The largest absolute Gasteiger partial charge is 0.332 e. The van der Waals surface area contributed by atoms with Gasteiger partial charge in [-0.1, -0.05) is 15.9 Å². The van der Waals surface area contributed by atoms with Crippen LogP contribution in [0.15, 0.2) is 22.7 Å². The molecule has 84 valence electrons. The van der Waals surface area contributed by atoms with Gasteiger partial charge in [-0.25, -0.2) is 0 Å². The van der Waals surface area contributed by atoms with Gasteiger partial charge in [-0.05, 0) is 18.2 Å². The van der Waals surface area contributed by atoms with Gasteiger partial charge >= 0.3 is 0 Å². The number of hydrogen-bond donors (Lipinski definition) is 0. The van der Waals surface area contributed by atoms with E-state index in [1.165, 1.54) is 9.80 Å².